The van der Waals surface area contributed by atoms with Crippen molar-refractivity contribution < 1.29 is 9.53 Å². The molecular weight excluding hydrogens is 290 g/mol. The Morgan fingerprint density at radius 1 is 1.57 bits per heavy atom. The number of esters is 1. The molecule has 1 unspecified atom stereocenters. The van der Waals surface area contributed by atoms with Gasteiger partial charge in [-0.25, -0.2) is 4.79 Å². The number of methoxy groups -OCH3 is 1. The maximum Gasteiger partial charge on any atom is 0.340 e. The highest BCUT2D eigenvalue weighted by Crippen LogP contribution is 2.30. The van der Waals surface area contributed by atoms with E-state index in [0.29, 0.717) is 27.9 Å². The zero-order valence-electron chi connectivity index (χ0n) is 12.5. The van der Waals surface area contributed by atoms with Crippen molar-refractivity contribution in [2.75, 3.05) is 44.8 Å². The van der Waals surface area contributed by atoms with Crippen LogP contribution in [0.5, 0.6) is 0 Å². The van der Waals surface area contributed by atoms with Gasteiger partial charge in [0.15, 0.2) is 0 Å². The second kappa shape index (κ2) is 7.00. The first-order chi connectivity index (χ1) is 10.0. The highest BCUT2D eigenvalue weighted by molar-refractivity contribution is 6.34. The molecule has 1 aliphatic heterocycles. The average Bonchev–Trinajstić information content (AvgIpc) is 2.45. The molecule has 0 spiro atoms. The number of ether oxygens (including phenoxy) is 1. The van der Waals surface area contributed by atoms with Crippen molar-refractivity contribution in [3.8, 4) is 0 Å². The zero-order valence-corrected chi connectivity index (χ0v) is 13.2. The number of hydrogen-bond donors (Lipinski definition) is 2. The Balaban J connectivity index is 2.13. The summed E-state index contributed by atoms with van der Waals surface area (Å²) in [4.78, 5) is 14.2. The number of nitrogens with two attached hydrogens (primary N) is 1. The Kier molecular flexibility index (Phi) is 5.31. The zero-order chi connectivity index (χ0) is 15.4. The molecule has 5 nitrogen and oxygen atoms in total. The number of nitrogen functional groups attached to an aromatic ring is 1. The maximum atomic E-state index is 11.9. The van der Waals surface area contributed by atoms with Gasteiger partial charge in [-0.3, -0.25) is 0 Å². The van der Waals surface area contributed by atoms with Crippen LogP contribution in [-0.4, -0.2) is 44.7 Å². The molecule has 1 aromatic carbocycles. The first-order valence-electron chi connectivity index (χ1n) is 7.11. The number of nitrogens with one attached hydrogen (secondary N) is 1. The van der Waals surface area contributed by atoms with E-state index < -0.39 is 5.97 Å². The smallest absolute Gasteiger partial charge is 0.340 e. The van der Waals surface area contributed by atoms with Crippen molar-refractivity contribution in [3.05, 3.63) is 22.7 Å². The first-order valence-corrected chi connectivity index (χ1v) is 7.48. The predicted molar refractivity (Wildman–Crippen MR) is 85.9 cm³/mol. The Bertz CT molecular complexity index is 522. The number of piperidine rings is 1. The van der Waals surface area contributed by atoms with Crippen LogP contribution in [0.2, 0.25) is 5.02 Å². The Labute approximate surface area is 130 Å². The number of carbonyl (C=O) groups excluding carboxylic acids is 1. The van der Waals surface area contributed by atoms with Gasteiger partial charge >= 0.3 is 5.97 Å². The third kappa shape index (κ3) is 4.02. The molecule has 1 heterocycles. The second-order valence-corrected chi connectivity index (χ2v) is 5.98. The quantitative estimate of drug-likeness (QED) is 0.660. The fourth-order valence-electron chi connectivity index (χ4n) is 2.76. The van der Waals surface area contributed by atoms with Gasteiger partial charge in [-0.05, 0) is 44.5 Å². The van der Waals surface area contributed by atoms with Crippen molar-refractivity contribution in [2.24, 2.45) is 5.92 Å². The summed E-state index contributed by atoms with van der Waals surface area (Å²) in [5.41, 5.74) is 7.18. The summed E-state index contributed by atoms with van der Waals surface area (Å²) < 4.78 is 4.79. The first kappa shape index (κ1) is 15.9. The van der Waals surface area contributed by atoms with E-state index in [0.717, 1.165) is 19.6 Å². The SMILES string of the molecule is COC(=O)c1cc(N)cc(Cl)c1NCC1CCCN(C)C1. The number of hydrogen-bond acceptors (Lipinski definition) is 5. The molecule has 6 heteroatoms. The van der Waals surface area contributed by atoms with Gasteiger partial charge in [0.2, 0.25) is 0 Å². The van der Waals surface area contributed by atoms with E-state index >= 15 is 0 Å². The summed E-state index contributed by atoms with van der Waals surface area (Å²) in [5.74, 6) is 0.107. The maximum absolute atomic E-state index is 11.9. The minimum Gasteiger partial charge on any atom is -0.465 e. The van der Waals surface area contributed by atoms with Crippen LogP contribution in [0.1, 0.15) is 23.2 Å². The van der Waals surface area contributed by atoms with Gasteiger partial charge in [-0.15, -0.1) is 0 Å². The Morgan fingerprint density at radius 3 is 3.00 bits per heavy atom. The molecular formula is C15H22ClN3O2. The van der Waals surface area contributed by atoms with Crippen LogP contribution in [0.3, 0.4) is 0 Å². The van der Waals surface area contributed by atoms with Crippen LogP contribution >= 0.6 is 11.6 Å². The van der Waals surface area contributed by atoms with Gasteiger partial charge in [-0.2, -0.15) is 0 Å². The number of benzene rings is 1. The van der Waals surface area contributed by atoms with E-state index in [1.807, 2.05) is 0 Å². The predicted octanol–water partition coefficient (Wildman–Crippen LogP) is 2.46. The summed E-state index contributed by atoms with van der Waals surface area (Å²) in [6.07, 6.45) is 2.37. The molecule has 0 aliphatic carbocycles. The highest BCUT2D eigenvalue weighted by Gasteiger charge is 2.20. The summed E-state index contributed by atoms with van der Waals surface area (Å²) >= 11 is 6.22. The van der Waals surface area contributed by atoms with E-state index in [9.17, 15) is 4.79 Å². The van der Waals surface area contributed by atoms with Crippen LogP contribution in [0.25, 0.3) is 0 Å². The summed E-state index contributed by atoms with van der Waals surface area (Å²) in [5, 5.41) is 3.74. The number of nitrogens with zero attached hydrogens (tertiary/aromatic N) is 1. The lowest BCUT2D eigenvalue weighted by Gasteiger charge is -2.30. The summed E-state index contributed by atoms with van der Waals surface area (Å²) in [6.45, 7) is 2.97. The Hall–Kier alpha value is -1.46. The molecule has 3 N–H and O–H groups in total. The molecule has 0 aromatic heterocycles. The molecule has 0 saturated carbocycles. The lowest BCUT2D eigenvalue weighted by Crippen LogP contribution is -2.35. The van der Waals surface area contributed by atoms with Crippen molar-refractivity contribution >= 4 is 28.9 Å². The molecule has 0 amide bonds. The van der Waals surface area contributed by atoms with Crippen LogP contribution in [0.4, 0.5) is 11.4 Å². The van der Waals surface area contributed by atoms with Crippen LogP contribution in [-0.2, 0) is 4.74 Å². The molecule has 0 radical (unpaired) electrons. The van der Waals surface area contributed by atoms with Gasteiger partial charge < -0.3 is 20.7 Å². The minimum atomic E-state index is -0.438. The molecule has 1 fully saturated rings. The van der Waals surface area contributed by atoms with Crippen LogP contribution in [0.15, 0.2) is 12.1 Å². The van der Waals surface area contributed by atoms with E-state index in [2.05, 4.69) is 17.3 Å². The molecule has 2 rings (SSSR count). The third-order valence-electron chi connectivity index (χ3n) is 3.81. The van der Waals surface area contributed by atoms with E-state index in [4.69, 9.17) is 22.1 Å². The highest BCUT2D eigenvalue weighted by atomic mass is 35.5. The number of likely N-dealkylation sites (tertiary alicyclic amines) is 1. The van der Waals surface area contributed by atoms with Crippen molar-refractivity contribution in [1.29, 1.82) is 0 Å². The molecule has 116 valence electrons. The van der Waals surface area contributed by atoms with Crippen molar-refractivity contribution in [2.45, 2.75) is 12.8 Å². The largest absolute Gasteiger partial charge is 0.465 e. The summed E-state index contributed by atoms with van der Waals surface area (Å²) in [6, 6.07) is 3.23. The third-order valence-corrected chi connectivity index (χ3v) is 4.11. The molecule has 0 bridgehead atoms. The van der Waals surface area contributed by atoms with Crippen molar-refractivity contribution in [1.82, 2.24) is 4.90 Å². The number of carbonyl (C=O) groups is 1. The minimum absolute atomic E-state index is 0.381. The van der Waals surface area contributed by atoms with Crippen molar-refractivity contribution in [3.63, 3.8) is 0 Å². The van der Waals surface area contributed by atoms with Gasteiger partial charge in [0.1, 0.15) is 0 Å². The lowest BCUT2D eigenvalue weighted by molar-refractivity contribution is 0.0602. The fourth-order valence-corrected chi connectivity index (χ4v) is 3.06. The molecule has 1 saturated heterocycles. The number of rotatable bonds is 4. The normalized spacial score (nSPS) is 19.3. The van der Waals surface area contributed by atoms with Gasteiger partial charge in [0.05, 0.1) is 23.4 Å². The number of halogens is 1. The molecule has 1 aromatic rings. The van der Waals surface area contributed by atoms with Gasteiger partial charge in [0, 0.05) is 18.8 Å². The van der Waals surface area contributed by atoms with Crippen LogP contribution in [0, 0.1) is 5.92 Å². The van der Waals surface area contributed by atoms with Gasteiger partial charge in [-0.1, -0.05) is 11.6 Å². The topological polar surface area (TPSA) is 67.6 Å². The average molecular weight is 312 g/mol. The monoisotopic (exact) mass is 311 g/mol. The molecule has 1 aliphatic rings. The lowest BCUT2D eigenvalue weighted by atomic mass is 9.98. The van der Waals surface area contributed by atoms with E-state index in [1.165, 1.54) is 20.0 Å². The molecule has 1 atom stereocenters. The second-order valence-electron chi connectivity index (χ2n) is 5.57. The number of anilines is 2. The Morgan fingerprint density at radius 2 is 2.33 bits per heavy atom. The standard InChI is InChI=1S/C15H22ClN3O2/c1-19-5-3-4-10(9-19)8-18-14-12(15(20)21-2)6-11(17)7-13(14)16/h6-7,10,18H,3-5,8-9,17H2,1-2H3. The summed E-state index contributed by atoms with van der Waals surface area (Å²) in [7, 11) is 3.47. The molecule has 21 heavy (non-hydrogen) atoms. The fraction of sp³-hybridized carbons (Fsp3) is 0.533. The van der Waals surface area contributed by atoms with Crippen LogP contribution < -0.4 is 11.1 Å². The van der Waals surface area contributed by atoms with E-state index in [1.54, 1.807) is 12.1 Å². The van der Waals surface area contributed by atoms with Gasteiger partial charge in [0.25, 0.3) is 0 Å². The van der Waals surface area contributed by atoms with E-state index in [-0.39, 0.29) is 0 Å².